The van der Waals surface area contributed by atoms with Gasteiger partial charge in [-0.15, -0.1) is 0 Å². The summed E-state index contributed by atoms with van der Waals surface area (Å²) in [6.07, 6.45) is 0. The second-order valence-corrected chi connectivity index (χ2v) is 8.91. The van der Waals surface area contributed by atoms with Crippen LogP contribution in [0.1, 0.15) is 0 Å². The summed E-state index contributed by atoms with van der Waals surface area (Å²) in [5, 5.41) is 0. The van der Waals surface area contributed by atoms with Gasteiger partial charge in [-0.25, -0.2) is 4.57 Å². The van der Waals surface area contributed by atoms with Crippen molar-refractivity contribution in [1.29, 1.82) is 0 Å². The van der Waals surface area contributed by atoms with Gasteiger partial charge in [-0.3, -0.25) is 0 Å². The van der Waals surface area contributed by atoms with Gasteiger partial charge in [0.15, 0.2) is 8.32 Å². The first-order valence-corrected chi connectivity index (χ1v) is 7.61. The predicted octanol–water partition coefficient (Wildman–Crippen LogP) is 2.75. The lowest BCUT2D eigenvalue weighted by molar-refractivity contribution is -0.108. The van der Waals surface area contributed by atoms with Crippen molar-refractivity contribution in [3.8, 4) is 0 Å². The third kappa shape index (κ3) is 4.60. The smallest absolute Gasteiger partial charge is 0.327 e. The highest BCUT2D eigenvalue weighted by Gasteiger charge is 2.36. The zero-order chi connectivity index (χ0) is 9.12. The van der Waals surface area contributed by atoms with Crippen molar-refractivity contribution in [1.82, 2.24) is 0 Å². The van der Waals surface area contributed by atoms with E-state index in [0.717, 1.165) is 0 Å². The van der Waals surface area contributed by atoms with E-state index in [0.29, 0.717) is 0 Å². The molecule has 0 N–H and O–H groups in total. The van der Waals surface area contributed by atoms with Gasteiger partial charge in [0, 0.05) is 0 Å². The van der Waals surface area contributed by atoms with Crippen LogP contribution in [0, 0.1) is 0 Å². The van der Waals surface area contributed by atoms with Gasteiger partial charge in [0.2, 0.25) is 0 Å². The number of halogens is 2. The highest BCUT2D eigenvalue weighted by atomic mass is 31.2. The molecule has 0 aromatic heterocycles. The molecule has 0 heterocycles. The van der Waals surface area contributed by atoms with E-state index < -0.39 is 16.1 Å². The molecule has 68 valence electrons. The minimum absolute atomic E-state index is 1.58. The zero-order valence-electron chi connectivity index (χ0n) is 6.34. The van der Waals surface area contributed by atoms with E-state index in [-0.39, 0.29) is 0 Å². The Kier molecular flexibility index (Phi) is 3.79. The van der Waals surface area contributed by atoms with Crippen LogP contribution in [0.5, 0.6) is 0 Å². The van der Waals surface area contributed by atoms with E-state index in [4.69, 9.17) is 0 Å². The summed E-state index contributed by atoms with van der Waals surface area (Å²) in [5.74, 6) is 0. The van der Waals surface area contributed by atoms with Crippen LogP contribution < -0.4 is 0 Å². The maximum atomic E-state index is 11.3. The van der Waals surface area contributed by atoms with Crippen LogP contribution in [0.4, 0.5) is 9.05 Å². The van der Waals surface area contributed by atoms with E-state index in [1.54, 1.807) is 19.6 Å². The number of hydrogen-bond donors (Lipinski definition) is 0. The average Bonchev–Trinajstić information content (AvgIpc) is 1.84. The highest BCUT2D eigenvalue weighted by molar-refractivity contribution is 7.50. The molecule has 0 aliphatic rings. The van der Waals surface area contributed by atoms with E-state index in [1.165, 1.54) is 0 Å². The minimum atomic E-state index is -4.57. The number of hydrogen-bond acceptors (Lipinski definition) is 4. The van der Waals surface area contributed by atoms with Crippen molar-refractivity contribution in [3.63, 3.8) is 0 Å². The summed E-state index contributed by atoms with van der Waals surface area (Å²) >= 11 is 0. The van der Waals surface area contributed by atoms with Gasteiger partial charge in [-0.05, 0) is 28.7 Å². The standard InChI is InChI=1S/C3H9F2O4PSi/c1-11(2,3)9-10(6,7-4)8-5/h1-3H3. The van der Waals surface area contributed by atoms with Gasteiger partial charge in [0.05, 0.1) is 0 Å². The molecule has 0 aliphatic heterocycles. The van der Waals surface area contributed by atoms with Crippen LogP contribution in [0.2, 0.25) is 19.6 Å². The lowest BCUT2D eigenvalue weighted by atomic mass is 11.8. The van der Waals surface area contributed by atoms with Crippen LogP contribution in [0.25, 0.3) is 0 Å². The Bertz CT molecular complexity index is 161. The molecule has 0 spiro atoms. The van der Waals surface area contributed by atoms with Gasteiger partial charge in [-0.2, -0.15) is 0 Å². The Morgan fingerprint density at radius 1 is 1.18 bits per heavy atom. The Balaban J connectivity index is 4.21. The van der Waals surface area contributed by atoms with Crippen molar-refractivity contribution < 1.29 is 27.3 Å². The van der Waals surface area contributed by atoms with Crippen molar-refractivity contribution >= 4 is 16.1 Å². The SMILES string of the molecule is C[Si](C)(C)OP(=O)(OF)OF. The van der Waals surface area contributed by atoms with Crippen molar-refractivity contribution in [2.24, 2.45) is 0 Å². The molecule has 0 amide bonds. The normalized spacial score (nSPS) is 13.5. The molecule has 0 saturated carbocycles. The molecule has 11 heavy (non-hydrogen) atoms. The molecule has 0 radical (unpaired) electrons. The Hall–Kier alpha value is 0.187. The summed E-state index contributed by atoms with van der Waals surface area (Å²) < 4.78 is 43.2. The molecular formula is C3H9F2O4PSi. The van der Waals surface area contributed by atoms with Crippen molar-refractivity contribution in [2.45, 2.75) is 19.6 Å². The maximum absolute atomic E-state index is 11.3. The summed E-state index contributed by atoms with van der Waals surface area (Å²) in [4.78, 5) is 0. The lowest BCUT2D eigenvalue weighted by Gasteiger charge is -2.18. The molecule has 0 aromatic rings. The molecule has 0 aromatic carbocycles. The van der Waals surface area contributed by atoms with Crippen molar-refractivity contribution in [3.05, 3.63) is 0 Å². The van der Waals surface area contributed by atoms with Gasteiger partial charge < -0.3 is 4.21 Å². The molecule has 0 bridgehead atoms. The Morgan fingerprint density at radius 2 is 1.55 bits per heavy atom. The van der Waals surface area contributed by atoms with Gasteiger partial charge in [-0.1, -0.05) is 9.46 Å². The topological polar surface area (TPSA) is 44.8 Å². The van der Waals surface area contributed by atoms with Crippen molar-refractivity contribution in [2.75, 3.05) is 0 Å². The van der Waals surface area contributed by atoms with Crippen LogP contribution in [0.15, 0.2) is 0 Å². The summed E-state index contributed by atoms with van der Waals surface area (Å²) in [5.41, 5.74) is 0. The number of rotatable bonds is 4. The first-order chi connectivity index (χ1) is 4.83. The quantitative estimate of drug-likeness (QED) is 0.524. The average molecular weight is 206 g/mol. The molecule has 0 aliphatic carbocycles. The molecule has 0 saturated heterocycles. The molecule has 0 fully saturated rings. The minimum Gasteiger partial charge on any atom is -0.327 e. The lowest BCUT2D eigenvalue weighted by Crippen LogP contribution is -2.23. The predicted molar refractivity (Wildman–Crippen MR) is 36.4 cm³/mol. The first kappa shape index (κ1) is 11.2. The molecular weight excluding hydrogens is 197 g/mol. The molecule has 4 nitrogen and oxygen atoms in total. The zero-order valence-corrected chi connectivity index (χ0v) is 8.23. The largest absolute Gasteiger partial charge is 0.527 e. The fourth-order valence-electron chi connectivity index (χ4n) is 0.374. The van der Waals surface area contributed by atoms with E-state index in [1.807, 2.05) is 0 Å². The fraction of sp³-hybridized carbons (Fsp3) is 1.00. The monoisotopic (exact) mass is 206 g/mol. The summed E-state index contributed by atoms with van der Waals surface area (Å²) in [7, 11) is -6.90. The molecule has 0 atom stereocenters. The summed E-state index contributed by atoms with van der Waals surface area (Å²) in [6, 6.07) is 0. The van der Waals surface area contributed by atoms with E-state index >= 15 is 0 Å². The second-order valence-electron chi connectivity index (χ2n) is 2.79. The maximum Gasteiger partial charge on any atom is 0.527 e. The van der Waals surface area contributed by atoms with E-state index in [9.17, 15) is 13.6 Å². The molecule has 0 rings (SSSR count). The highest BCUT2D eigenvalue weighted by Crippen LogP contribution is 2.52. The third-order valence-electron chi connectivity index (χ3n) is 0.555. The van der Waals surface area contributed by atoms with Crippen LogP contribution in [-0.4, -0.2) is 8.32 Å². The summed E-state index contributed by atoms with van der Waals surface area (Å²) in [6.45, 7) is 4.74. The molecule has 0 unspecified atom stereocenters. The van der Waals surface area contributed by atoms with Gasteiger partial charge >= 0.3 is 7.82 Å². The molecule has 8 heteroatoms. The van der Waals surface area contributed by atoms with Crippen LogP contribution >= 0.6 is 7.82 Å². The van der Waals surface area contributed by atoms with Crippen LogP contribution in [0.3, 0.4) is 0 Å². The fourth-order valence-corrected chi connectivity index (χ4v) is 3.30. The number of phosphoric acid groups is 1. The van der Waals surface area contributed by atoms with Gasteiger partial charge in [0.25, 0.3) is 0 Å². The second kappa shape index (κ2) is 3.73. The third-order valence-corrected chi connectivity index (χ3v) is 3.98. The Labute approximate surface area is 64.0 Å². The Morgan fingerprint density at radius 3 is 1.64 bits per heavy atom. The first-order valence-electron chi connectivity index (χ1n) is 2.74. The van der Waals surface area contributed by atoms with Gasteiger partial charge in [0.1, 0.15) is 0 Å². The van der Waals surface area contributed by atoms with Crippen LogP contribution in [-0.2, 0) is 18.2 Å². The van der Waals surface area contributed by atoms with E-state index in [2.05, 4.69) is 13.7 Å².